The van der Waals surface area contributed by atoms with Crippen LogP contribution in [0.2, 0.25) is 0 Å². The molecule has 0 heterocycles. The molecule has 0 bridgehead atoms. The van der Waals surface area contributed by atoms with Crippen molar-refractivity contribution in [2.75, 3.05) is 7.05 Å². The third kappa shape index (κ3) is 4.68. The summed E-state index contributed by atoms with van der Waals surface area (Å²) in [7, 11) is -2.00. The van der Waals surface area contributed by atoms with Crippen LogP contribution < -0.4 is 0 Å². The van der Waals surface area contributed by atoms with Crippen molar-refractivity contribution in [3.63, 3.8) is 0 Å². The average Bonchev–Trinajstić information content (AvgIpc) is 2.44. The van der Waals surface area contributed by atoms with Gasteiger partial charge in [-0.3, -0.25) is 0 Å². The molecule has 21 heavy (non-hydrogen) atoms. The fraction of sp³-hybridized carbons (Fsp3) is 0.400. The highest BCUT2D eigenvalue weighted by atomic mass is 32.2. The van der Waals surface area contributed by atoms with Gasteiger partial charge in [-0.2, -0.15) is 4.31 Å². The fourth-order valence-electron chi connectivity index (χ4n) is 1.95. The summed E-state index contributed by atoms with van der Waals surface area (Å²) in [5.74, 6) is -1.07. The predicted molar refractivity (Wildman–Crippen MR) is 82.4 cm³/mol. The first-order valence-electron chi connectivity index (χ1n) is 6.78. The minimum absolute atomic E-state index is 0.0850. The normalized spacial score (nSPS) is 13.7. The number of rotatable bonds is 7. The van der Waals surface area contributed by atoms with Gasteiger partial charge < -0.3 is 5.11 Å². The van der Waals surface area contributed by atoms with Gasteiger partial charge in [0.25, 0.3) is 0 Å². The maximum Gasteiger partial charge on any atom is 0.328 e. The van der Waals surface area contributed by atoms with E-state index in [1.807, 2.05) is 13.8 Å². The third-order valence-corrected chi connectivity index (χ3v) is 5.25. The molecule has 116 valence electrons. The lowest BCUT2D eigenvalue weighted by molar-refractivity contribution is -0.131. The standard InChI is InChI=1S/C15H21NO4S/c1-4-6-12(2)16(3)21(19,20)14-8-5-7-13(11-14)9-10-15(17)18/h5,7-12H,4,6H2,1-3H3,(H,17,18). The van der Waals surface area contributed by atoms with Gasteiger partial charge in [-0.05, 0) is 37.1 Å². The summed E-state index contributed by atoms with van der Waals surface area (Å²) in [6, 6.07) is 6.17. The van der Waals surface area contributed by atoms with Gasteiger partial charge in [0.05, 0.1) is 4.90 Å². The maximum absolute atomic E-state index is 12.5. The molecular formula is C15H21NO4S. The van der Waals surface area contributed by atoms with Crippen molar-refractivity contribution in [1.29, 1.82) is 0 Å². The SMILES string of the molecule is CCCC(C)N(C)S(=O)(=O)c1cccc(C=CC(=O)O)c1. The molecule has 5 nitrogen and oxygen atoms in total. The van der Waals surface area contributed by atoms with E-state index in [1.165, 1.54) is 22.5 Å². The highest BCUT2D eigenvalue weighted by Gasteiger charge is 2.24. The summed E-state index contributed by atoms with van der Waals surface area (Å²) >= 11 is 0. The zero-order valence-electron chi connectivity index (χ0n) is 12.5. The topological polar surface area (TPSA) is 74.7 Å². The van der Waals surface area contributed by atoms with E-state index in [1.54, 1.807) is 19.2 Å². The Balaban J connectivity index is 3.09. The van der Waals surface area contributed by atoms with Crippen molar-refractivity contribution >= 4 is 22.1 Å². The number of nitrogens with zero attached hydrogens (tertiary/aromatic N) is 1. The van der Waals surface area contributed by atoms with E-state index in [9.17, 15) is 13.2 Å². The van der Waals surface area contributed by atoms with Crippen LogP contribution >= 0.6 is 0 Å². The first-order valence-corrected chi connectivity index (χ1v) is 8.22. The van der Waals surface area contributed by atoms with Gasteiger partial charge in [0, 0.05) is 19.2 Å². The lowest BCUT2D eigenvalue weighted by Crippen LogP contribution is -2.35. The van der Waals surface area contributed by atoms with Gasteiger partial charge in [0.1, 0.15) is 0 Å². The van der Waals surface area contributed by atoms with Crippen LogP contribution in [0.3, 0.4) is 0 Å². The Kier molecular flexibility index (Phi) is 6.11. The molecule has 0 aliphatic rings. The van der Waals surface area contributed by atoms with Gasteiger partial charge in [-0.15, -0.1) is 0 Å². The summed E-state index contributed by atoms with van der Waals surface area (Å²) in [6.45, 7) is 3.88. The Morgan fingerprint density at radius 3 is 2.67 bits per heavy atom. The van der Waals surface area contributed by atoms with E-state index in [4.69, 9.17) is 5.11 Å². The molecule has 0 aromatic heterocycles. The number of hydrogen-bond donors (Lipinski definition) is 1. The predicted octanol–water partition coefficient (Wildman–Crippen LogP) is 2.59. The molecule has 0 amide bonds. The molecule has 6 heteroatoms. The van der Waals surface area contributed by atoms with Crippen molar-refractivity contribution in [1.82, 2.24) is 4.31 Å². The number of carboxylic acids is 1. The Hall–Kier alpha value is -1.66. The number of aliphatic carboxylic acids is 1. The van der Waals surface area contributed by atoms with E-state index >= 15 is 0 Å². The van der Waals surface area contributed by atoms with Crippen LogP contribution in [0.15, 0.2) is 35.2 Å². The van der Waals surface area contributed by atoms with Crippen LogP contribution in [0.25, 0.3) is 6.08 Å². The molecule has 1 aromatic rings. The maximum atomic E-state index is 12.5. The van der Waals surface area contributed by atoms with Crippen LogP contribution in [-0.4, -0.2) is 36.9 Å². The van der Waals surface area contributed by atoms with E-state index in [0.717, 1.165) is 18.9 Å². The van der Waals surface area contributed by atoms with Crippen molar-refractivity contribution in [2.45, 2.75) is 37.6 Å². The summed E-state index contributed by atoms with van der Waals surface area (Å²) < 4.78 is 26.4. The number of hydrogen-bond acceptors (Lipinski definition) is 3. The second-order valence-corrected chi connectivity index (χ2v) is 6.90. The van der Waals surface area contributed by atoms with Crippen molar-refractivity contribution < 1.29 is 18.3 Å². The lowest BCUT2D eigenvalue weighted by Gasteiger charge is -2.24. The Morgan fingerprint density at radius 2 is 2.10 bits per heavy atom. The summed E-state index contributed by atoms with van der Waals surface area (Å²) in [5, 5.41) is 8.61. The van der Waals surface area contributed by atoms with Gasteiger partial charge in [0.2, 0.25) is 10.0 Å². The molecular weight excluding hydrogens is 290 g/mol. The molecule has 1 unspecified atom stereocenters. The van der Waals surface area contributed by atoms with Crippen molar-refractivity contribution in [3.8, 4) is 0 Å². The number of benzene rings is 1. The van der Waals surface area contributed by atoms with E-state index in [-0.39, 0.29) is 10.9 Å². The molecule has 1 N–H and O–H groups in total. The molecule has 0 fully saturated rings. The van der Waals surface area contributed by atoms with Crippen LogP contribution in [0.1, 0.15) is 32.3 Å². The van der Waals surface area contributed by atoms with E-state index in [2.05, 4.69) is 0 Å². The zero-order valence-corrected chi connectivity index (χ0v) is 13.3. The summed E-state index contributed by atoms with van der Waals surface area (Å²) in [6.07, 6.45) is 4.04. The molecule has 0 aliphatic heterocycles. The average molecular weight is 311 g/mol. The Labute approximate surface area is 126 Å². The minimum atomic E-state index is -3.57. The molecule has 0 radical (unpaired) electrons. The van der Waals surface area contributed by atoms with Crippen LogP contribution in [0.5, 0.6) is 0 Å². The second kappa shape index (κ2) is 7.38. The summed E-state index contributed by atoms with van der Waals surface area (Å²) in [4.78, 5) is 10.7. The lowest BCUT2D eigenvalue weighted by atomic mass is 10.2. The molecule has 1 atom stereocenters. The highest BCUT2D eigenvalue weighted by molar-refractivity contribution is 7.89. The van der Waals surface area contributed by atoms with Gasteiger partial charge in [0.15, 0.2) is 0 Å². The first-order chi connectivity index (χ1) is 9.78. The van der Waals surface area contributed by atoms with Crippen molar-refractivity contribution in [3.05, 3.63) is 35.9 Å². The molecule has 0 saturated carbocycles. The third-order valence-electron chi connectivity index (χ3n) is 3.28. The monoisotopic (exact) mass is 311 g/mol. The smallest absolute Gasteiger partial charge is 0.328 e. The summed E-state index contributed by atoms with van der Waals surface area (Å²) in [5.41, 5.74) is 0.537. The van der Waals surface area contributed by atoms with E-state index < -0.39 is 16.0 Å². The minimum Gasteiger partial charge on any atom is -0.478 e. The van der Waals surface area contributed by atoms with Gasteiger partial charge >= 0.3 is 5.97 Å². The molecule has 0 saturated heterocycles. The quantitative estimate of drug-likeness (QED) is 0.785. The molecule has 1 aromatic carbocycles. The van der Waals surface area contributed by atoms with Crippen LogP contribution in [-0.2, 0) is 14.8 Å². The largest absolute Gasteiger partial charge is 0.478 e. The fourth-order valence-corrected chi connectivity index (χ4v) is 3.40. The number of carbonyl (C=O) groups is 1. The Morgan fingerprint density at radius 1 is 1.43 bits per heavy atom. The molecule has 1 rings (SSSR count). The van der Waals surface area contributed by atoms with Crippen molar-refractivity contribution in [2.24, 2.45) is 0 Å². The van der Waals surface area contributed by atoms with E-state index in [0.29, 0.717) is 5.56 Å². The number of sulfonamides is 1. The number of carboxylic acid groups (broad SMARTS) is 1. The van der Waals surface area contributed by atoms with Crippen LogP contribution in [0.4, 0.5) is 0 Å². The van der Waals surface area contributed by atoms with Crippen LogP contribution in [0, 0.1) is 0 Å². The molecule has 0 aliphatic carbocycles. The second-order valence-electron chi connectivity index (χ2n) is 4.90. The Bertz CT molecular complexity index is 622. The van der Waals surface area contributed by atoms with Gasteiger partial charge in [-0.1, -0.05) is 25.5 Å². The molecule has 0 spiro atoms. The highest BCUT2D eigenvalue weighted by Crippen LogP contribution is 2.20. The first kappa shape index (κ1) is 17.4. The zero-order chi connectivity index (χ0) is 16.0. The van der Waals surface area contributed by atoms with Gasteiger partial charge in [-0.25, -0.2) is 13.2 Å².